The van der Waals surface area contributed by atoms with E-state index in [1.807, 2.05) is 16.7 Å². The molecule has 0 bridgehead atoms. The van der Waals surface area contributed by atoms with E-state index >= 15 is 0 Å². The molecule has 1 saturated carbocycles. The first-order chi connectivity index (χ1) is 17.0. The number of fused-ring (bicyclic) bond motifs is 1. The quantitative estimate of drug-likeness (QED) is 0.545. The summed E-state index contributed by atoms with van der Waals surface area (Å²) in [4.78, 5) is 36.3. The molecule has 1 aliphatic heterocycles. The van der Waals surface area contributed by atoms with Crippen LogP contribution >= 0.6 is 11.6 Å². The van der Waals surface area contributed by atoms with Crippen LogP contribution in [0.3, 0.4) is 0 Å². The first-order valence-electron chi connectivity index (χ1n) is 12.3. The van der Waals surface area contributed by atoms with Gasteiger partial charge in [-0.2, -0.15) is 0 Å². The van der Waals surface area contributed by atoms with Crippen LogP contribution in [0.5, 0.6) is 0 Å². The zero-order valence-corrected chi connectivity index (χ0v) is 20.7. The van der Waals surface area contributed by atoms with Gasteiger partial charge < -0.3 is 10.6 Å². The number of rotatable bonds is 6. The van der Waals surface area contributed by atoms with Gasteiger partial charge in [0, 0.05) is 62.1 Å². The Morgan fingerprint density at radius 3 is 2.66 bits per heavy atom. The van der Waals surface area contributed by atoms with Crippen LogP contribution in [0.1, 0.15) is 55.8 Å². The van der Waals surface area contributed by atoms with E-state index in [1.54, 1.807) is 37.6 Å². The van der Waals surface area contributed by atoms with Crippen LogP contribution in [0.2, 0.25) is 5.02 Å². The normalized spacial score (nSPS) is 20.1. The summed E-state index contributed by atoms with van der Waals surface area (Å²) in [5.41, 5.74) is 1.21. The second kappa shape index (κ2) is 9.95. The van der Waals surface area contributed by atoms with E-state index in [4.69, 9.17) is 11.6 Å². The van der Waals surface area contributed by atoms with E-state index in [0.29, 0.717) is 28.5 Å². The largest absolute Gasteiger partial charge is 0.352 e. The maximum Gasteiger partial charge on any atom is 0.253 e. The number of hydrogen-bond donors (Lipinski definition) is 2. The molecule has 0 unspecified atom stereocenters. The first kappa shape index (κ1) is 23.8. The molecule has 2 amide bonds. The summed E-state index contributed by atoms with van der Waals surface area (Å²) in [6.07, 6.45) is 11.7. The van der Waals surface area contributed by atoms with Gasteiger partial charge in [0.25, 0.3) is 5.91 Å². The van der Waals surface area contributed by atoms with Crippen molar-refractivity contribution in [2.24, 2.45) is 0 Å². The molecule has 8 nitrogen and oxygen atoms in total. The van der Waals surface area contributed by atoms with E-state index in [1.165, 1.54) is 6.42 Å². The van der Waals surface area contributed by atoms with Crippen LogP contribution in [0.15, 0.2) is 42.9 Å². The van der Waals surface area contributed by atoms with Gasteiger partial charge in [-0.25, -0.2) is 9.97 Å². The molecule has 2 aliphatic rings. The molecular formula is C26H31ClN6O2. The SMILES string of the molecule is CC(=O)N[C@@H]1CCN(C2(CNC(=O)c3cn(-c4ncccn4)c4cccc(Cl)c34)CCCCC2)C1. The number of hydrogen-bond acceptors (Lipinski definition) is 5. The van der Waals surface area contributed by atoms with Gasteiger partial charge in [0.1, 0.15) is 0 Å². The lowest BCUT2D eigenvalue weighted by atomic mass is 9.80. The van der Waals surface area contributed by atoms with Gasteiger partial charge >= 0.3 is 0 Å². The minimum atomic E-state index is -0.152. The minimum Gasteiger partial charge on any atom is -0.352 e. The fourth-order valence-corrected chi connectivity index (χ4v) is 6.02. The summed E-state index contributed by atoms with van der Waals surface area (Å²) in [6, 6.07) is 7.51. The van der Waals surface area contributed by atoms with Crippen molar-refractivity contribution in [2.75, 3.05) is 19.6 Å². The summed E-state index contributed by atoms with van der Waals surface area (Å²) in [5.74, 6) is 0.350. The van der Waals surface area contributed by atoms with Crippen molar-refractivity contribution >= 4 is 34.3 Å². The molecule has 3 heterocycles. The lowest BCUT2D eigenvalue weighted by Gasteiger charge is -2.45. The standard InChI is InChI=1S/C26H31ClN6O2/c1-18(34)31-19-9-14-32(15-19)26(10-3-2-4-11-26)17-30-24(35)20-16-33(25-28-12-6-13-29-25)22-8-5-7-21(27)23(20)22/h5-8,12-13,16,19H,2-4,9-11,14-15,17H2,1H3,(H,30,35)(H,31,34)/t19-/m1/s1. The zero-order valence-electron chi connectivity index (χ0n) is 20.0. The highest BCUT2D eigenvalue weighted by molar-refractivity contribution is 6.37. The van der Waals surface area contributed by atoms with Gasteiger partial charge in [-0.05, 0) is 37.5 Å². The third-order valence-electron chi connectivity index (χ3n) is 7.42. The molecule has 0 radical (unpaired) electrons. The topological polar surface area (TPSA) is 92.2 Å². The van der Waals surface area contributed by atoms with Crippen molar-refractivity contribution in [3.63, 3.8) is 0 Å². The fourth-order valence-electron chi connectivity index (χ4n) is 5.75. The molecule has 3 aromatic rings. The number of aromatic nitrogens is 3. The maximum atomic E-state index is 13.6. The molecule has 1 aromatic carbocycles. The summed E-state index contributed by atoms with van der Waals surface area (Å²) in [7, 11) is 0. The number of likely N-dealkylation sites (tertiary alicyclic amines) is 1. The lowest BCUT2D eigenvalue weighted by molar-refractivity contribution is -0.119. The summed E-state index contributed by atoms with van der Waals surface area (Å²) in [5, 5.41) is 7.53. The molecule has 184 valence electrons. The Kier molecular flexibility index (Phi) is 6.75. The fraction of sp³-hybridized carbons (Fsp3) is 0.462. The van der Waals surface area contributed by atoms with Crippen molar-refractivity contribution in [2.45, 2.75) is 57.0 Å². The molecule has 0 spiro atoms. The molecule has 35 heavy (non-hydrogen) atoms. The molecular weight excluding hydrogens is 464 g/mol. The monoisotopic (exact) mass is 494 g/mol. The highest BCUT2D eigenvalue weighted by atomic mass is 35.5. The van der Waals surface area contributed by atoms with Crippen molar-refractivity contribution in [1.29, 1.82) is 0 Å². The summed E-state index contributed by atoms with van der Waals surface area (Å²) >= 11 is 6.57. The van der Waals surface area contributed by atoms with Crippen molar-refractivity contribution in [3.05, 3.63) is 53.4 Å². The van der Waals surface area contributed by atoms with Crippen LogP contribution in [-0.2, 0) is 4.79 Å². The maximum absolute atomic E-state index is 13.6. The van der Waals surface area contributed by atoms with E-state index in [9.17, 15) is 9.59 Å². The van der Waals surface area contributed by atoms with Crippen molar-refractivity contribution in [1.82, 2.24) is 30.1 Å². The molecule has 1 saturated heterocycles. The van der Waals surface area contributed by atoms with Gasteiger partial charge in [-0.15, -0.1) is 0 Å². The van der Waals surface area contributed by atoms with Crippen molar-refractivity contribution in [3.8, 4) is 5.95 Å². The van der Waals surface area contributed by atoms with Crippen LogP contribution in [0, 0.1) is 0 Å². The molecule has 5 rings (SSSR count). The summed E-state index contributed by atoms with van der Waals surface area (Å²) < 4.78 is 1.81. The Morgan fingerprint density at radius 2 is 1.91 bits per heavy atom. The lowest BCUT2D eigenvalue weighted by Crippen LogP contribution is -2.56. The molecule has 1 aliphatic carbocycles. The van der Waals surface area contributed by atoms with Crippen LogP contribution in [-0.4, -0.2) is 62.5 Å². The van der Waals surface area contributed by atoms with Gasteiger partial charge in [-0.1, -0.05) is 36.9 Å². The predicted molar refractivity (Wildman–Crippen MR) is 136 cm³/mol. The third kappa shape index (κ3) is 4.77. The Bertz CT molecular complexity index is 1220. The van der Waals surface area contributed by atoms with Gasteiger partial charge in [0.2, 0.25) is 11.9 Å². The number of carbonyl (C=O) groups is 2. The number of nitrogens with zero attached hydrogens (tertiary/aromatic N) is 4. The Labute approximate surface area is 210 Å². The highest BCUT2D eigenvalue weighted by Crippen LogP contribution is 2.36. The minimum absolute atomic E-state index is 0.0125. The number of nitrogens with one attached hydrogen (secondary N) is 2. The Morgan fingerprint density at radius 1 is 1.14 bits per heavy atom. The summed E-state index contributed by atoms with van der Waals surface area (Å²) in [6.45, 7) is 3.89. The zero-order chi connectivity index (χ0) is 24.4. The molecule has 2 aromatic heterocycles. The number of benzene rings is 1. The molecule has 9 heteroatoms. The second-order valence-electron chi connectivity index (χ2n) is 9.70. The van der Waals surface area contributed by atoms with E-state index in [-0.39, 0.29) is 23.4 Å². The van der Waals surface area contributed by atoms with Crippen LogP contribution in [0.25, 0.3) is 16.9 Å². The van der Waals surface area contributed by atoms with Gasteiger partial charge in [0.15, 0.2) is 0 Å². The van der Waals surface area contributed by atoms with E-state index in [0.717, 1.165) is 50.7 Å². The van der Waals surface area contributed by atoms with Gasteiger partial charge in [0.05, 0.1) is 16.1 Å². The number of amides is 2. The average molecular weight is 495 g/mol. The average Bonchev–Trinajstić information content (AvgIpc) is 3.49. The third-order valence-corrected chi connectivity index (χ3v) is 7.73. The number of halogens is 1. The molecule has 2 N–H and O–H groups in total. The number of carbonyl (C=O) groups excluding carboxylic acids is 2. The predicted octanol–water partition coefficient (Wildman–Crippen LogP) is 3.72. The van der Waals surface area contributed by atoms with E-state index in [2.05, 4.69) is 25.5 Å². The van der Waals surface area contributed by atoms with Crippen LogP contribution < -0.4 is 10.6 Å². The highest BCUT2D eigenvalue weighted by Gasteiger charge is 2.42. The molecule has 2 fully saturated rings. The first-order valence-corrected chi connectivity index (χ1v) is 12.7. The van der Waals surface area contributed by atoms with Crippen LogP contribution in [0.4, 0.5) is 0 Å². The Balaban J connectivity index is 1.40. The smallest absolute Gasteiger partial charge is 0.253 e. The van der Waals surface area contributed by atoms with E-state index < -0.39 is 0 Å². The molecule has 1 atom stereocenters. The van der Waals surface area contributed by atoms with Gasteiger partial charge in [-0.3, -0.25) is 19.1 Å². The van der Waals surface area contributed by atoms with Crippen molar-refractivity contribution < 1.29 is 9.59 Å². The second-order valence-corrected chi connectivity index (χ2v) is 10.1. The Hall–Kier alpha value is -2.97.